The molecule has 1 aliphatic carbocycles. The molecular weight excluding hydrogens is 470 g/mol. The molecule has 0 fully saturated rings. The SMILES string of the molecule is CCOC(=O)c1c(NC(=S)Nc2c(F)cc(F)cc2Br)sc2c1CCCCC2. The summed E-state index contributed by atoms with van der Waals surface area (Å²) in [6.45, 7) is 2.04. The molecule has 9 heteroatoms. The van der Waals surface area contributed by atoms with E-state index in [0.29, 0.717) is 10.6 Å². The molecule has 0 spiro atoms. The van der Waals surface area contributed by atoms with Crippen molar-refractivity contribution in [3.8, 4) is 0 Å². The Balaban J connectivity index is 1.87. The van der Waals surface area contributed by atoms with E-state index in [0.717, 1.165) is 54.7 Å². The van der Waals surface area contributed by atoms with Crippen molar-refractivity contribution in [3.63, 3.8) is 0 Å². The van der Waals surface area contributed by atoms with Crippen LogP contribution in [0.15, 0.2) is 16.6 Å². The van der Waals surface area contributed by atoms with E-state index in [4.69, 9.17) is 17.0 Å². The second-order valence-electron chi connectivity index (χ2n) is 6.31. The number of hydrogen-bond acceptors (Lipinski definition) is 4. The lowest BCUT2D eigenvalue weighted by Crippen LogP contribution is -2.21. The molecule has 0 amide bonds. The van der Waals surface area contributed by atoms with E-state index in [1.165, 1.54) is 11.3 Å². The van der Waals surface area contributed by atoms with Gasteiger partial charge in [0.15, 0.2) is 10.9 Å². The second kappa shape index (κ2) is 9.28. The molecule has 0 unspecified atom stereocenters. The van der Waals surface area contributed by atoms with Crippen LogP contribution in [0.25, 0.3) is 0 Å². The highest BCUT2D eigenvalue weighted by Crippen LogP contribution is 2.38. The maximum absolute atomic E-state index is 14.1. The zero-order valence-electron chi connectivity index (χ0n) is 15.2. The number of rotatable bonds is 4. The molecule has 0 bridgehead atoms. The first-order valence-electron chi connectivity index (χ1n) is 8.95. The predicted molar refractivity (Wildman–Crippen MR) is 115 cm³/mol. The molecule has 3 rings (SSSR count). The first-order chi connectivity index (χ1) is 13.4. The molecule has 150 valence electrons. The fraction of sp³-hybridized carbons (Fsp3) is 0.368. The van der Waals surface area contributed by atoms with Gasteiger partial charge in [0.05, 0.1) is 17.9 Å². The van der Waals surface area contributed by atoms with Crippen LogP contribution in [0.1, 0.15) is 47.0 Å². The molecule has 1 aromatic heterocycles. The Morgan fingerprint density at radius 1 is 1.25 bits per heavy atom. The van der Waals surface area contributed by atoms with Gasteiger partial charge in [0.2, 0.25) is 0 Å². The number of esters is 1. The summed E-state index contributed by atoms with van der Waals surface area (Å²) in [4.78, 5) is 13.7. The number of ether oxygens (including phenoxy) is 1. The van der Waals surface area contributed by atoms with E-state index in [2.05, 4.69) is 26.6 Å². The molecule has 1 heterocycles. The molecule has 4 nitrogen and oxygen atoms in total. The summed E-state index contributed by atoms with van der Waals surface area (Å²) in [5.74, 6) is -1.86. The number of thiophene rings is 1. The largest absolute Gasteiger partial charge is 0.462 e. The number of aryl methyl sites for hydroxylation is 1. The van der Waals surface area contributed by atoms with Crippen molar-refractivity contribution in [1.29, 1.82) is 0 Å². The summed E-state index contributed by atoms with van der Waals surface area (Å²) < 4.78 is 32.8. The zero-order valence-corrected chi connectivity index (χ0v) is 18.4. The minimum atomic E-state index is -0.774. The molecule has 1 aromatic carbocycles. The Hall–Kier alpha value is -1.58. The monoisotopic (exact) mass is 488 g/mol. The minimum Gasteiger partial charge on any atom is -0.462 e. The van der Waals surface area contributed by atoms with E-state index in [1.807, 2.05) is 0 Å². The lowest BCUT2D eigenvalue weighted by Gasteiger charge is -2.13. The summed E-state index contributed by atoms with van der Waals surface area (Å²) in [7, 11) is 0. The topological polar surface area (TPSA) is 50.4 Å². The molecule has 0 saturated heterocycles. The van der Waals surface area contributed by atoms with Crippen molar-refractivity contribution < 1.29 is 18.3 Å². The summed E-state index contributed by atoms with van der Waals surface area (Å²) >= 11 is 9.90. The van der Waals surface area contributed by atoms with Crippen LogP contribution in [0, 0.1) is 11.6 Å². The van der Waals surface area contributed by atoms with Gasteiger partial charge in [0.1, 0.15) is 10.8 Å². The molecule has 0 saturated carbocycles. The summed E-state index contributed by atoms with van der Waals surface area (Å²) in [6, 6.07) is 1.92. The van der Waals surface area contributed by atoms with Crippen LogP contribution in [0.2, 0.25) is 0 Å². The van der Waals surface area contributed by atoms with Gasteiger partial charge in [0, 0.05) is 15.4 Å². The molecule has 2 N–H and O–H groups in total. The smallest absolute Gasteiger partial charge is 0.341 e. The number of thiocarbonyl (C=S) groups is 1. The minimum absolute atomic E-state index is 0.0229. The summed E-state index contributed by atoms with van der Waals surface area (Å²) in [6.07, 6.45) is 4.95. The molecule has 1 aliphatic rings. The second-order valence-corrected chi connectivity index (χ2v) is 8.68. The van der Waals surface area contributed by atoms with Gasteiger partial charge in [0.25, 0.3) is 0 Å². The third-order valence-electron chi connectivity index (χ3n) is 4.37. The first kappa shape index (κ1) is 21.1. The van der Waals surface area contributed by atoms with E-state index < -0.39 is 11.6 Å². The van der Waals surface area contributed by atoms with E-state index in [9.17, 15) is 13.6 Å². The average Bonchev–Trinajstić information content (AvgIpc) is 2.79. The van der Waals surface area contributed by atoms with Crippen molar-refractivity contribution in [1.82, 2.24) is 0 Å². The number of fused-ring (bicyclic) bond motifs is 1. The van der Waals surface area contributed by atoms with Crippen LogP contribution in [0.5, 0.6) is 0 Å². The van der Waals surface area contributed by atoms with Crippen molar-refractivity contribution in [3.05, 3.63) is 44.2 Å². The van der Waals surface area contributed by atoms with Gasteiger partial charge in [-0.2, -0.15) is 0 Å². The van der Waals surface area contributed by atoms with E-state index >= 15 is 0 Å². The number of halogens is 3. The summed E-state index contributed by atoms with van der Waals surface area (Å²) in [5, 5.41) is 6.42. The molecule has 0 radical (unpaired) electrons. The Labute approximate surface area is 179 Å². The van der Waals surface area contributed by atoms with Gasteiger partial charge >= 0.3 is 5.97 Å². The highest BCUT2D eigenvalue weighted by molar-refractivity contribution is 9.10. The Bertz CT molecular complexity index is 895. The molecule has 0 atom stereocenters. The van der Waals surface area contributed by atoms with Crippen LogP contribution in [0.3, 0.4) is 0 Å². The standard InChI is InChI=1S/C19H19BrF2N2O2S2/c1-2-26-18(25)15-11-6-4-3-5-7-14(11)28-17(15)24-19(27)23-16-12(20)8-10(21)9-13(16)22/h8-9H,2-7H2,1H3,(H2,23,24,27). The third kappa shape index (κ3) is 4.69. The predicted octanol–water partition coefficient (Wildman–Crippen LogP) is 6.04. The first-order valence-corrected chi connectivity index (χ1v) is 11.0. The van der Waals surface area contributed by atoms with E-state index in [1.54, 1.807) is 6.92 Å². The highest BCUT2D eigenvalue weighted by Gasteiger charge is 2.26. The maximum Gasteiger partial charge on any atom is 0.341 e. The van der Waals surface area contributed by atoms with Gasteiger partial charge in [-0.15, -0.1) is 11.3 Å². The van der Waals surface area contributed by atoms with Crippen molar-refractivity contribution in [2.24, 2.45) is 0 Å². The molecular formula is C19H19BrF2N2O2S2. The van der Waals surface area contributed by atoms with Crippen LogP contribution < -0.4 is 10.6 Å². The lowest BCUT2D eigenvalue weighted by atomic mass is 10.1. The van der Waals surface area contributed by atoms with Gasteiger partial charge in [-0.25, -0.2) is 13.6 Å². The maximum atomic E-state index is 14.1. The Morgan fingerprint density at radius 3 is 2.71 bits per heavy atom. The zero-order chi connectivity index (χ0) is 20.3. The van der Waals surface area contributed by atoms with Crippen LogP contribution in [-0.2, 0) is 17.6 Å². The number of carbonyl (C=O) groups is 1. The van der Waals surface area contributed by atoms with Crippen LogP contribution in [-0.4, -0.2) is 17.7 Å². The summed E-state index contributed by atoms with van der Waals surface area (Å²) in [5.41, 5.74) is 1.54. The quantitative estimate of drug-likeness (QED) is 0.312. The number of carbonyl (C=O) groups excluding carboxylic acids is 1. The van der Waals surface area contributed by atoms with E-state index in [-0.39, 0.29) is 27.8 Å². The van der Waals surface area contributed by atoms with Gasteiger partial charge in [-0.3, -0.25) is 0 Å². The number of nitrogens with one attached hydrogen (secondary N) is 2. The van der Waals surface area contributed by atoms with Crippen LogP contribution in [0.4, 0.5) is 19.5 Å². The molecule has 28 heavy (non-hydrogen) atoms. The highest BCUT2D eigenvalue weighted by atomic mass is 79.9. The fourth-order valence-electron chi connectivity index (χ4n) is 3.16. The van der Waals surface area contributed by atoms with Gasteiger partial charge in [-0.05, 0) is 72.4 Å². The fourth-order valence-corrected chi connectivity index (χ4v) is 5.22. The van der Waals surface area contributed by atoms with Gasteiger partial charge < -0.3 is 15.4 Å². The van der Waals surface area contributed by atoms with Crippen molar-refractivity contribution in [2.75, 3.05) is 17.2 Å². The van der Waals surface area contributed by atoms with Crippen molar-refractivity contribution in [2.45, 2.75) is 39.0 Å². The number of benzene rings is 1. The Kier molecular flexibility index (Phi) is 7.00. The average molecular weight is 489 g/mol. The number of hydrogen-bond donors (Lipinski definition) is 2. The molecule has 0 aliphatic heterocycles. The van der Waals surface area contributed by atoms with Crippen LogP contribution >= 0.6 is 39.5 Å². The number of anilines is 2. The third-order valence-corrected chi connectivity index (χ3v) is 6.41. The molecule has 2 aromatic rings. The normalized spacial score (nSPS) is 13.4. The van der Waals surface area contributed by atoms with Crippen molar-refractivity contribution >= 4 is 61.3 Å². The lowest BCUT2D eigenvalue weighted by molar-refractivity contribution is 0.0527. The Morgan fingerprint density at radius 2 is 2.00 bits per heavy atom. The van der Waals surface area contributed by atoms with Gasteiger partial charge in [-0.1, -0.05) is 6.42 Å².